The molecule has 1 N–H and O–H groups in total. The molecule has 0 spiro atoms. The first kappa shape index (κ1) is 9.19. The first-order valence-electron chi connectivity index (χ1n) is 4.08. The van der Waals surface area contributed by atoms with Crippen molar-refractivity contribution in [2.24, 2.45) is 7.05 Å². The summed E-state index contributed by atoms with van der Waals surface area (Å²) in [4.78, 5) is 0. The van der Waals surface area contributed by atoms with Gasteiger partial charge in [-0.2, -0.15) is 0 Å². The maximum atomic E-state index is 9.33. The maximum absolute atomic E-state index is 9.33. The van der Waals surface area contributed by atoms with Crippen molar-refractivity contribution < 1.29 is 5.11 Å². The van der Waals surface area contributed by atoms with Gasteiger partial charge in [-0.1, -0.05) is 6.92 Å². The molecule has 0 fully saturated rings. The molecule has 12 heavy (non-hydrogen) atoms. The first-order chi connectivity index (χ1) is 5.54. The smallest absolute Gasteiger partial charge is 0.138 e. The van der Waals surface area contributed by atoms with Gasteiger partial charge in [0.25, 0.3) is 0 Å². The fourth-order valence-electron chi connectivity index (χ4n) is 1.04. The number of aliphatic hydroxyl groups excluding tert-OH is 1. The Morgan fingerprint density at radius 1 is 1.33 bits per heavy atom. The van der Waals surface area contributed by atoms with Gasteiger partial charge in [-0.3, -0.25) is 0 Å². The molecule has 2 atom stereocenters. The van der Waals surface area contributed by atoms with E-state index in [2.05, 4.69) is 10.2 Å². The van der Waals surface area contributed by atoms with Gasteiger partial charge in [0.15, 0.2) is 0 Å². The van der Waals surface area contributed by atoms with Crippen molar-refractivity contribution in [3.05, 3.63) is 11.6 Å². The zero-order chi connectivity index (χ0) is 9.30. The number of nitrogens with zero attached hydrogens (tertiary/aromatic N) is 3. The van der Waals surface area contributed by atoms with E-state index in [-0.39, 0.29) is 12.0 Å². The van der Waals surface area contributed by atoms with Gasteiger partial charge in [0.05, 0.1) is 6.10 Å². The van der Waals surface area contributed by atoms with E-state index in [1.165, 1.54) is 0 Å². The van der Waals surface area contributed by atoms with E-state index in [1.54, 1.807) is 6.92 Å². The van der Waals surface area contributed by atoms with Crippen molar-refractivity contribution in [1.29, 1.82) is 0 Å². The second kappa shape index (κ2) is 3.23. The Kier molecular flexibility index (Phi) is 2.47. The predicted molar refractivity (Wildman–Crippen MR) is 45.8 cm³/mol. The Labute approximate surface area is 72.2 Å². The normalized spacial score (nSPS) is 16.1. The molecule has 0 aliphatic heterocycles. The topological polar surface area (TPSA) is 50.9 Å². The SMILES string of the molecule is Cc1nnc(C(C)C(C)O)n1C. The molecule has 0 saturated carbocycles. The van der Waals surface area contributed by atoms with Crippen LogP contribution in [0.3, 0.4) is 0 Å². The molecule has 1 heterocycles. The van der Waals surface area contributed by atoms with Crippen LogP contribution in [0.5, 0.6) is 0 Å². The van der Waals surface area contributed by atoms with Crippen molar-refractivity contribution in [2.75, 3.05) is 0 Å². The standard InChI is InChI=1S/C8H15N3O/c1-5(6(2)12)8-10-9-7(3)11(8)4/h5-6,12H,1-4H3. The zero-order valence-electron chi connectivity index (χ0n) is 7.94. The Hall–Kier alpha value is -0.900. The lowest BCUT2D eigenvalue weighted by Crippen LogP contribution is -2.15. The van der Waals surface area contributed by atoms with E-state index in [9.17, 15) is 5.11 Å². The van der Waals surface area contributed by atoms with Gasteiger partial charge < -0.3 is 9.67 Å². The van der Waals surface area contributed by atoms with Crippen molar-refractivity contribution >= 4 is 0 Å². The molecule has 1 rings (SSSR count). The molecule has 0 radical (unpaired) electrons. The summed E-state index contributed by atoms with van der Waals surface area (Å²) in [5, 5.41) is 17.2. The quantitative estimate of drug-likeness (QED) is 0.705. The fraction of sp³-hybridized carbons (Fsp3) is 0.750. The van der Waals surface area contributed by atoms with E-state index in [0.717, 1.165) is 11.6 Å². The van der Waals surface area contributed by atoms with Gasteiger partial charge in [0.2, 0.25) is 0 Å². The van der Waals surface area contributed by atoms with Crippen LogP contribution in [0.2, 0.25) is 0 Å². The molecule has 1 aromatic heterocycles. The summed E-state index contributed by atoms with van der Waals surface area (Å²) < 4.78 is 1.90. The van der Waals surface area contributed by atoms with Gasteiger partial charge in [-0.25, -0.2) is 0 Å². The predicted octanol–water partition coefficient (Wildman–Crippen LogP) is 0.608. The van der Waals surface area contributed by atoms with E-state index >= 15 is 0 Å². The largest absolute Gasteiger partial charge is 0.393 e. The van der Waals surface area contributed by atoms with Crippen LogP contribution >= 0.6 is 0 Å². The summed E-state index contributed by atoms with van der Waals surface area (Å²) in [6, 6.07) is 0. The van der Waals surface area contributed by atoms with Crippen molar-refractivity contribution in [3.8, 4) is 0 Å². The first-order valence-corrected chi connectivity index (χ1v) is 4.08. The van der Waals surface area contributed by atoms with Crippen LogP contribution < -0.4 is 0 Å². The average Bonchev–Trinajstić information content (AvgIpc) is 2.32. The lowest BCUT2D eigenvalue weighted by Gasteiger charge is -2.13. The summed E-state index contributed by atoms with van der Waals surface area (Å²) in [5.41, 5.74) is 0. The van der Waals surface area contributed by atoms with Crippen LogP contribution in [0.25, 0.3) is 0 Å². The summed E-state index contributed by atoms with van der Waals surface area (Å²) in [6.45, 7) is 5.59. The van der Waals surface area contributed by atoms with Gasteiger partial charge in [-0.05, 0) is 13.8 Å². The molecule has 4 heteroatoms. The Morgan fingerprint density at radius 2 is 1.92 bits per heavy atom. The minimum absolute atomic E-state index is 0.0381. The van der Waals surface area contributed by atoms with Crippen LogP contribution in [0.1, 0.15) is 31.4 Å². The molecular weight excluding hydrogens is 154 g/mol. The highest BCUT2D eigenvalue weighted by molar-refractivity contribution is 5.00. The number of aromatic nitrogens is 3. The van der Waals surface area contributed by atoms with Crippen LogP contribution in [0.15, 0.2) is 0 Å². The fourth-order valence-corrected chi connectivity index (χ4v) is 1.04. The number of rotatable bonds is 2. The summed E-state index contributed by atoms with van der Waals surface area (Å²) in [7, 11) is 1.91. The van der Waals surface area contributed by atoms with Gasteiger partial charge in [0, 0.05) is 13.0 Å². The molecule has 0 amide bonds. The highest BCUT2D eigenvalue weighted by atomic mass is 16.3. The average molecular weight is 169 g/mol. The van der Waals surface area contributed by atoms with Gasteiger partial charge in [0.1, 0.15) is 11.6 Å². The Morgan fingerprint density at radius 3 is 2.25 bits per heavy atom. The number of aliphatic hydroxyl groups is 1. The lowest BCUT2D eigenvalue weighted by molar-refractivity contribution is 0.164. The maximum Gasteiger partial charge on any atom is 0.138 e. The molecule has 68 valence electrons. The molecule has 0 aliphatic rings. The number of hydrogen-bond acceptors (Lipinski definition) is 3. The van der Waals surface area contributed by atoms with Crippen molar-refractivity contribution in [1.82, 2.24) is 14.8 Å². The van der Waals surface area contributed by atoms with Crippen molar-refractivity contribution in [2.45, 2.75) is 32.8 Å². The third-order valence-electron chi connectivity index (χ3n) is 2.26. The van der Waals surface area contributed by atoms with E-state index < -0.39 is 0 Å². The monoisotopic (exact) mass is 169 g/mol. The lowest BCUT2D eigenvalue weighted by atomic mass is 10.1. The summed E-state index contributed by atoms with van der Waals surface area (Å²) in [5.74, 6) is 1.75. The van der Waals surface area contributed by atoms with Crippen LogP contribution in [-0.2, 0) is 7.05 Å². The van der Waals surface area contributed by atoms with Gasteiger partial charge in [-0.15, -0.1) is 10.2 Å². The molecule has 0 saturated heterocycles. The molecule has 0 bridgehead atoms. The highest BCUT2D eigenvalue weighted by Crippen LogP contribution is 2.16. The molecular formula is C8H15N3O. The third kappa shape index (κ3) is 1.48. The molecule has 1 aromatic rings. The minimum Gasteiger partial charge on any atom is -0.393 e. The van der Waals surface area contributed by atoms with Crippen LogP contribution in [0, 0.1) is 6.92 Å². The Bertz CT molecular complexity index is 267. The Balaban J connectivity index is 2.95. The molecule has 0 aromatic carbocycles. The van der Waals surface area contributed by atoms with Crippen LogP contribution in [0.4, 0.5) is 0 Å². The summed E-state index contributed by atoms with van der Waals surface area (Å²) >= 11 is 0. The van der Waals surface area contributed by atoms with Gasteiger partial charge >= 0.3 is 0 Å². The van der Waals surface area contributed by atoms with Crippen molar-refractivity contribution in [3.63, 3.8) is 0 Å². The second-order valence-corrected chi connectivity index (χ2v) is 3.19. The van der Waals surface area contributed by atoms with E-state index in [4.69, 9.17) is 0 Å². The number of hydrogen-bond donors (Lipinski definition) is 1. The number of aryl methyl sites for hydroxylation is 1. The summed E-state index contributed by atoms with van der Waals surface area (Å²) in [6.07, 6.45) is -0.382. The second-order valence-electron chi connectivity index (χ2n) is 3.19. The third-order valence-corrected chi connectivity index (χ3v) is 2.26. The highest BCUT2D eigenvalue weighted by Gasteiger charge is 2.17. The van der Waals surface area contributed by atoms with Crippen LogP contribution in [-0.4, -0.2) is 26.0 Å². The molecule has 0 aliphatic carbocycles. The molecule has 4 nitrogen and oxygen atoms in total. The van der Waals surface area contributed by atoms with E-state index in [0.29, 0.717) is 0 Å². The zero-order valence-corrected chi connectivity index (χ0v) is 7.94. The molecule has 2 unspecified atom stereocenters. The minimum atomic E-state index is -0.382. The van der Waals surface area contributed by atoms with E-state index in [1.807, 2.05) is 25.5 Å².